The number of hydrogen-bond acceptors (Lipinski definition) is 14. The highest BCUT2D eigenvalue weighted by Crippen LogP contribution is 2.43. The number of ether oxygens (including phenoxy) is 6. The molecule has 0 amide bonds. The molecule has 43 heavy (non-hydrogen) atoms. The van der Waals surface area contributed by atoms with Gasteiger partial charge in [-0.3, -0.25) is 9.59 Å². The first-order valence-electron chi connectivity index (χ1n) is 13.7. The monoisotopic (exact) mass is 606 g/mol. The van der Waals surface area contributed by atoms with Crippen LogP contribution in [-0.4, -0.2) is 110 Å². The van der Waals surface area contributed by atoms with Crippen LogP contribution in [0, 0.1) is 0 Å². The third-order valence-corrected chi connectivity index (χ3v) is 7.60. The smallest absolute Gasteiger partial charge is 0.303 e. The molecule has 0 spiro atoms. The van der Waals surface area contributed by atoms with E-state index in [2.05, 4.69) is 0 Å². The second-order valence-corrected chi connectivity index (χ2v) is 10.7. The highest BCUT2D eigenvalue weighted by atomic mass is 16.8. The normalized spacial score (nSPS) is 35.9. The summed E-state index contributed by atoms with van der Waals surface area (Å²) in [5.41, 5.74) is 0.706. The lowest BCUT2D eigenvalue weighted by Gasteiger charge is -2.46. The molecule has 2 fully saturated rings. The largest absolute Gasteiger partial charge is 0.507 e. The number of phenolic OH excluding ortho intramolecular Hbond substituents is 1. The summed E-state index contributed by atoms with van der Waals surface area (Å²) in [6, 6.07) is 11.5. The number of ketones is 1. The van der Waals surface area contributed by atoms with E-state index in [1.165, 1.54) is 13.0 Å². The maximum absolute atomic E-state index is 12.9. The molecule has 2 saturated heterocycles. The number of esters is 1. The molecule has 3 heterocycles. The highest BCUT2D eigenvalue weighted by molar-refractivity contribution is 6.02. The summed E-state index contributed by atoms with van der Waals surface area (Å²) in [4.78, 5) is 24.6. The van der Waals surface area contributed by atoms with Gasteiger partial charge in [0.1, 0.15) is 59.4 Å². The van der Waals surface area contributed by atoms with Crippen molar-refractivity contribution in [2.45, 2.75) is 87.8 Å². The molecule has 3 aliphatic heterocycles. The summed E-state index contributed by atoms with van der Waals surface area (Å²) in [5.74, 6) is -1.66. The molecule has 0 aliphatic carbocycles. The van der Waals surface area contributed by atoms with Crippen molar-refractivity contribution in [1.29, 1.82) is 0 Å². The van der Waals surface area contributed by atoms with E-state index in [0.29, 0.717) is 0 Å². The Labute approximate surface area is 245 Å². The molecular formula is C29H34O14. The number of phenols is 1. The van der Waals surface area contributed by atoms with Gasteiger partial charge in [0.15, 0.2) is 24.3 Å². The Morgan fingerprint density at radius 1 is 0.953 bits per heavy atom. The molecule has 6 N–H and O–H groups in total. The molecule has 0 aromatic heterocycles. The highest BCUT2D eigenvalue weighted by Gasteiger charge is 2.52. The van der Waals surface area contributed by atoms with Gasteiger partial charge in [-0.25, -0.2) is 0 Å². The topological polar surface area (TPSA) is 211 Å². The molecule has 0 radical (unpaired) electrons. The second kappa shape index (κ2) is 12.7. The number of aromatic hydroxyl groups is 1. The van der Waals surface area contributed by atoms with Crippen molar-refractivity contribution in [3.05, 3.63) is 53.6 Å². The molecule has 11 unspecified atom stereocenters. The fourth-order valence-corrected chi connectivity index (χ4v) is 5.35. The predicted octanol–water partition coefficient (Wildman–Crippen LogP) is -0.300. The van der Waals surface area contributed by atoms with Crippen molar-refractivity contribution >= 4 is 11.8 Å². The van der Waals surface area contributed by atoms with Gasteiger partial charge in [-0.1, -0.05) is 30.3 Å². The van der Waals surface area contributed by atoms with E-state index in [-0.39, 0.29) is 29.3 Å². The predicted molar refractivity (Wildman–Crippen MR) is 142 cm³/mol. The van der Waals surface area contributed by atoms with Crippen LogP contribution in [0.2, 0.25) is 0 Å². The summed E-state index contributed by atoms with van der Waals surface area (Å²) in [7, 11) is 0. The quantitative estimate of drug-likeness (QED) is 0.224. The van der Waals surface area contributed by atoms with E-state index in [4.69, 9.17) is 28.4 Å². The Bertz CT molecular complexity index is 1300. The third kappa shape index (κ3) is 6.32. The molecule has 234 valence electrons. The van der Waals surface area contributed by atoms with E-state index >= 15 is 0 Å². The Hall–Kier alpha value is -3.34. The van der Waals surface area contributed by atoms with Crippen LogP contribution in [0.5, 0.6) is 17.2 Å². The minimum Gasteiger partial charge on any atom is -0.507 e. The molecule has 14 nitrogen and oxygen atoms in total. The van der Waals surface area contributed by atoms with Crippen molar-refractivity contribution in [3.63, 3.8) is 0 Å². The third-order valence-electron chi connectivity index (χ3n) is 7.60. The summed E-state index contributed by atoms with van der Waals surface area (Å²) < 4.78 is 34.3. The van der Waals surface area contributed by atoms with E-state index in [0.717, 1.165) is 18.6 Å². The Kier molecular flexibility index (Phi) is 9.20. The molecule has 2 aromatic carbocycles. The fourth-order valence-electron chi connectivity index (χ4n) is 5.35. The lowest BCUT2D eigenvalue weighted by molar-refractivity contribution is -0.355. The van der Waals surface area contributed by atoms with Crippen molar-refractivity contribution in [2.75, 3.05) is 6.61 Å². The fraction of sp³-hybridized carbons (Fsp3) is 0.517. The van der Waals surface area contributed by atoms with Crippen molar-refractivity contribution in [1.82, 2.24) is 0 Å². The molecule has 11 atom stereocenters. The van der Waals surface area contributed by atoms with Crippen LogP contribution in [0.3, 0.4) is 0 Å². The van der Waals surface area contributed by atoms with Gasteiger partial charge < -0.3 is 59.1 Å². The van der Waals surface area contributed by atoms with Crippen LogP contribution < -0.4 is 9.47 Å². The molecule has 0 saturated carbocycles. The van der Waals surface area contributed by atoms with Crippen LogP contribution in [0.25, 0.3) is 0 Å². The first-order valence-corrected chi connectivity index (χ1v) is 13.7. The van der Waals surface area contributed by atoms with Gasteiger partial charge in [0.05, 0.1) is 19.1 Å². The van der Waals surface area contributed by atoms with Crippen LogP contribution >= 0.6 is 0 Å². The number of rotatable bonds is 7. The van der Waals surface area contributed by atoms with Gasteiger partial charge in [-0.05, 0) is 12.5 Å². The number of hydrogen-bond donors (Lipinski definition) is 6. The molecule has 5 rings (SSSR count). The van der Waals surface area contributed by atoms with E-state index in [1.54, 1.807) is 24.3 Å². The van der Waals surface area contributed by atoms with Gasteiger partial charge in [-0.2, -0.15) is 0 Å². The number of fused-ring (bicyclic) bond motifs is 1. The number of Topliss-reactive ketones (excluding diaryl/α,β-unsaturated/α-hetero) is 1. The first kappa shape index (κ1) is 31.1. The lowest BCUT2D eigenvalue weighted by atomic mass is 9.95. The zero-order chi connectivity index (χ0) is 31.0. The summed E-state index contributed by atoms with van der Waals surface area (Å²) >= 11 is 0. The molecule has 0 bridgehead atoms. The van der Waals surface area contributed by atoms with E-state index < -0.39 is 85.8 Å². The first-order chi connectivity index (χ1) is 20.5. The minimum absolute atomic E-state index is 0.00144. The van der Waals surface area contributed by atoms with E-state index in [1.807, 2.05) is 6.07 Å². The Morgan fingerprint density at radius 2 is 1.65 bits per heavy atom. The van der Waals surface area contributed by atoms with Crippen molar-refractivity contribution in [2.24, 2.45) is 0 Å². The minimum atomic E-state index is -1.76. The maximum atomic E-state index is 12.9. The van der Waals surface area contributed by atoms with Gasteiger partial charge in [0, 0.05) is 19.1 Å². The standard InChI is InChI=1S/C29H34O14/c1-12-22(34)24(36)26(39-13(2)31)28(38-12)43-27-25(37)23(35)20(11-30)42-29(27)40-15-8-16(32)21-17(33)10-18(41-19(21)9-15)14-6-4-3-5-7-14/h3-9,12,18,20,22-30,32,34-37H,10-11H2,1-2H3. The van der Waals surface area contributed by atoms with Gasteiger partial charge in [0.2, 0.25) is 6.29 Å². The SMILES string of the molecule is CC(=O)OC1C(OC2C(Oc3cc(O)c4c(c3)OC(c3ccccc3)CC4=O)OC(CO)C(O)C2O)OC(C)C(O)C1O. The molecular weight excluding hydrogens is 572 g/mol. The van der Waals surface area contributed by atoms with Crippen molar-refractivity contribution < 1.29 is 68.6 Å². The zero-order valence-corrected chi connectivity index (χ0v) is 23.3. The Morgan fingerprint density at radius 3 is 2.33 bits per heavy atom. The zero-order valence-electron chi connectivity index (χ0n) is 23.3. The van der Waals surface area contributed by atoms with Crippen LogP contribution in [0.1, 0.15) is 42.3 Å². The number of benzene rings is 2. The van der Waals surface area contributed by atoms with Crippen LogP contribution in [-0.2, 0) is 23.7 Å². The summed E-state index contributed by atoms with van der Waals surface area (Å²) in [5, 5.41) is 62.8. The lowest BCUT2D eigenvalue weighted by Crippen LogP contribution is -2.65. The molecule has 3 aliphatic rings. The summed E-state index contributed by atoms with van der Waals surface area (Å²) in [6.07, 6.45) is -15.7. The van der Waals surface area contributed by atoms with E-state index in [9.17, 15) is 40.2 Å². The Balaban J connectivity index is 1.43. The number of carbonyl (C=O) groups excluding carboxylic acids is 2. The second-order valence-electron chi connectivity index (χ2n) is 10.7. The van der Waals surface area contributed by atoms with Crippen LogP contribution in [0.4, 0.5) is 0 Å². The average molecular weight is 607 g/mol. The van der Waals surface area contributed by atoms with Gasteiger partial charge in [0.25, 0.3) is 0 Å². The van der Waals surface area contributed by atoms with Crippen molar-refractivity contribution in [3.8, 4) is 17.2 Å². The number of aliphatic hydroxyl groups is 5. The number of carbonyl (C=O) groups is 2. The average Bonchev–Trinajstić information content (AvgIpc) is 2.97. The molecule has 14 heteroatoms. The number of aliphatic hydroxyl groups excluding tert-OH is 5. The summed E-state index contributed by atoms with van der Waals surface area (Å²) in [6.45, 7) is 1.80. The molecule has 2 aromatic rings. The maximum Gasteiger partial charge on any atom is 0.303 e. The van der Waals surface area contributed by atoms with Gasteiger partial charge >= 0.3 is 5.97 Å². The van der Waals surface area contributed by atoms with Crippen LogP contribution in [0.15, 0.2) is 42.5 Å². The van der Waals surface area contributed by atoms with Gasteiger partial charge in [-0.15, -0.1) is 0 Å².